The van der Waals surface area contributed by atoms with E-state index in [1.165, 1.54) is 38.6 Å². The van der Waals surface area contributed by atoms with Crippen LogP contribution in [-0.2, 0) is 11.8 Å². The van der Waals surface area contributed by atoms with Gasteiger partial charge in [-0.1, -0.05) is 63.8 Å². The van der Waals surface area contributed by atoms with Crippen LogP contribution in [0.2, 0.25) is 0 Å². The molecule has 0 saturated heterocycles. The molecule has 2 aromatic rings. The number of hydrogen-bond donors (Lipinski definition) is 0. The Morgan fingerprint density at radius 1 is 1.15 bits per heavy atom. The van der Waals surface area contributed by atoms with Gasteiger partial charge < -0.3 is 0 Å². The molecule has 0 nitrogen and oxygen atoms in total. The summed E-state index contributed by atoms with van der Waals surface area (Å²) < 4.78 is 0. The van der Waals surface area contributed by atoms with E-state index in [0.29, 0.717) is 0 Å². The Balaban J connectivity index is 2.59. The minimum absolute atomic E-state index is 0.114. The quantitative estimate of drug-likeness (QED) is 0.647. The lowest BCUT2D eigenvalue weighted by Crippen LogP contribution is -2.13. The third-order valence-corrected chi connectivity index (χ3v) is 4.54. The Morgan fingerprint density at radius 3 is 2.40 bits per heavy atom. The van der Waals surface area contributed by atoms with E-state index in [2.05, 4.69) is 64.6 Å². The first-order chi connectivity index (χ1) is 9.51. The van der Waals surface area contributed by atoms with Crippen LogP contribution in [0.25, 0.3) is 22.4 Å². The van der Waals surface area contributed by atoms with E-state index in [1.54, 1.807) is 0 Å². The van der Waals surface area contributed by atoms with Crippen LogP contribution in [0.1, 0.15) is 49.9 Å². The van der Waals surface area contributed by atoms with Gasteiger partial charge in [-0.15, -0.1) is 0 Å². The maximum absolute atomic E-state index is 4.06. The number of benzene rings is 2. The average molecular weight is 262 g/mol. The first-order valence-electron chi connectivity index (χ1n) is 7.41. The Bertz CT molecular complexity index is 742. The van der Waals surface area contributed by atoms with Crippen molar-refractivity contribution in [3.8, 4) is 0 Å². The summed E-state index contributed by atoms with van der Waals surface area (Å²) in [5.74, 6) is 0. The van der Waals surface area contributed by atoms with E-state index >= 15 is 0 Å². The van der Waals surface area contributed by atoms with Crippen LogP contribution in [0.15, 0.2) is 36.9 Å². The van der Waals surface area contributed by atoms with E-state index in [0.717, 1.165) is 6.42 Å². The van der Waals surface area contributed by atoms with Crippen LogP contribution < -0.4 is 0 Å². The van der Waals surface area contributed by atoms with Gasteiger partial charge in [0, 0.05) is 5.41 Å². The Morgan fingerprint density at radius 2 is 1.80 bits per heavy atom. The van der Waals surface area contributed by atoms with Gasteiger partial charge in [-0.05, 0) is 51.9 Å². The van der Waals surface area contributed by atoms with Crippen molar-refractivity contribution >= 4 is 22.4 Å². The number of rotatable bonds is 2. The highest BCUT2D eigenvalue weighted by molar-refractivity contribution is 6.01. The molecule has 0 heteroatoms. The summed E-state index contributed by atoms with van der Waals surface area (Å²) in [6, 6.07) is 8.76. The second kappa shape index (κ2) is 4.34. The van der Waals surface area contributed by atoms with Crippen molar-refractivity contribution in [3.63, 3.8) is 0 Å². The summed E-state index contributed by atoms with van der Waals surface area (Å²) in [6.45, 7) is 13.2. The molecule has 0 bridgehead atoms. The summed E-state index contributed by atoms with van der Waals surface area (Å²) >= 11 is 0. The number of allylic oxidation sites excluding steroid dienone is 2. The molecule has 2 aromatic carbocycles. The van der Waals surface area contributed by atoms with Gasteiger partial charge in [0.15, 0.2) is 0 Å². The SMILES string of the molecule is C=Cc1c(CC)c2c(c3ccccc13)C(C)(C)C=C2C. The van der Waals surface area contributed by atoms with Crippen LogP contribution in [-0.4, -0.2) is 0 Å². The standard InChI is InChI=1S/C20H22/c1-6-14-15(7-2)18-13(3)12-20(4,5)19(18)17-11-9-8-10-16(14)17/h6,8-12H,1,7H2,2-5H3. The largest absolute Gasteiger partial charge is 0.0984 e. The Labute approximate surface area is 121 Å². The van der Waals surface area contributed by atoms with Crippen molar-refractivity contribution in [2.24, 2.45) is 0 Å². The second-order valence-electron chi connectivity index (χ2n) is 6.29. The average Bonchev–Trinajstić information content (AvgIpc) is 2.67. The minimum Gasteiger partial charge on any atom is -0.0984 e. The fourth-order valence-electron chi connectivity index (χ4n) is 3.91. The minimum atomic E-state index is 0.114. The topological polar surface area (TPSA) is 0 Å². The molecule has 0 radical (unpaired) electrons. The molecule has 0 amide bonds. The van der Waals surface area contributed by atoms with Gasteiger partial charge in [0.2, 0.25) is 0 Å². The third kappa shape index (κ3) is 1.61. The molecule has 1 aliphatic rings. The van der Waals surface area contributed by atoms with E-state index in [-0.39, 0.29) is 5.41 Å². The van der Waals surface area contributed by atoms with Crippen molar-refractivity contribution in [1.29, 1.82) is 0 Å². The lowest BCUT2D eigenvalue weighted by atomic mass is 9.80. The lowest BCUT2D eigenvalue weighted by Gasteiger charge is -2.24. The van der Waals surface area contributed by atoms with Crippen molar-refractivity contribution in [3.05, 3.63) is 59.2 Å². The van der Waals surface area contributed by atoms with Gasteiger partial charge in [-0.25, -0.2) is 0 Å². The molecular weight excluding hydrogens is 240 g/mol. The van der Waals surface area contributed by atoms with Crippen LogP contribution in [0.4, 0.5) is 0 Å². The summed E-state index contributed by atoms with van der Waals surface area (Å²) in [7, 11) is 0. The highest BCUT2D eigenvalue weighted by Gasteiger charge is 2.32. The molecule has 102 valence electrons. The zero-order valence-electron chi connectivity index (χ0n) is 12.9. The van der Waals surface area contributed by atoms with E-state index in [4.69, 9.17) is 0 Å². The van der Waals surface area contributed by atoms with Crippen molar-refractivity contribution in [2.75, 3.05) is 0 Å². The smallest absolute Gasteiger partial charge is 0.00935 e. The fourth-order valence-corrected chi connectivity index (χ4v) is 3.91. The molecule has 0 fully saturated rings. The molecule has 1 aliphatic carbocycles. The molecule has 0 N–H and O–H groups in total. The van der Waals surface area contributed by atoms with Gasteiger partial charge in [0.05, 0.1) is 0 Å². The van der Waals surface area contributed by atoms with Crippen LogP contribution >= 0.6 is 0 Å². The fraction of sp³-hybridized carbons (Fsp3) is 0.300. The summed E-state index contributed by atoms with van der Waals surface area (Å²) in [5.41, 5.74) is 7.25. The van der Waals surface area contributed by atoms with Gasteiger partial charge in [-0.3, -0.25) is 0 Å². The van der Waals surface area contributed by atoms with Crippen LogP contribution in [0, 0.1) is 0 Å². The Kier molecular flexibility index (Phi) is 2.86. The van der Waals surface area contributed by atoms with Crippen molar-refractivity contribution in [1.82, 2.24) is 0 Å². The zero-order chi connectivity index (χ0) is 14.5. The molecule has 0 aliphatic heterocycles. The summed E-state index contributed by atoms with van der Waals surface area (Å²) in [6.07, 6.45) is 5.49. The second-order valence-corrected chi connectivity index (χ2v) is 6.29. The molecule has 0 aromatic heterocycles. The molecule has 0 heterocycles. The predicted molar refractivity (Wildman–Crippen MR) is 90.1 cm³/mol. The zero-order valence-corrected chi connectivity index (χ0v) is 12.9. The first-order valence-corrected chi connectivity index (χ1v) is 7.41. The predicted octanol–water partition coefficient (Wildman–Crippen LogP) is 5.74. The molecule has 0 atom stereocenters. The van der Waals surface area contributed by atoms with Crippen LogP contribution in [0.3, 0.4) is 0 Å². The molecule has 0 spiro atoms. The lowest BCUT2D eigenvalue weighted by molar-refractivity contribution is 0.689. The molecule has 3 rings (SSSR count). The number of fused-ring (bicyclic) bond motifs is 3. The number of hydrogen-bond acceptors (Lipinski definition) is 0. The first kappa shape index (κ1) is 13.2. The van der Waals surface area contributed by atoms with E-state index in [1.807, 2.05) is 6.08 Å². The maximum atomic E-state index is 4.06. The summed E-state index contributed by atoms with van der Waals surface area (Å²) in [4.78, 5) is 0. The molecular formula is C20H22. The van der Waals surface area contributed by atoms with Gasteiger partial charge in [0.1, 0.15) is 0 Å². The van der Waals surface area contributed by atoms with E-state index in [9.17, 15) is 0 Å². The van der Waals surface area contributed by atoms with Crippen molar-refractivity contribution < 1.29 is 0 Å². The highest BCUT2D eigenvalue weighted by atomic mass is 14.4. The van der Waals surface area contributed by atoms with E-state index < -0.39 is 0 Å². The monoisotopic (exact) mass is 262 g/mol. The molecule has 0 unspecified atom stereocenters. The highest BCUT2D eigenvalue weighted by Crippen LogP contribution is 2.47. The van der Waals surface area contributed by atoms with Gasteiger partial charge in [-0.2, -0.15) is 0 Å². The van der Waals surface area contributed by atoms with Gasteiger partial charge in [0.25, 0.3) is 0 Å². The third-order valence-electron chi connectivity index (χ3n) is 4.54. The maximum Gasteiger partial charge on any atom is 0.00935 e. The summed E-state index contributed by atoms with van der Waals surface area (Å²) in [5, 5.41) is 2.72. The normalized spacial score (nSPS) is 16.1. The molecule has 0 saturated carbocycles. The molecule has 20 heavy (non-hydrogen) atoms. The Hall–Kier alpha value is -1.82. The van der Waals surface area contributed by atoms with Gasteiger partial charge >= 0.3 is 0 Å². The van der Waals surface area contributed by atoms with Crippen molar-refractivity contribution in [2.45, 2.75) is 39.5 Å². The van der Waals surface area contributed by atoms with Crippen LogP contribution in [0.5, 0.6) is 0 Å².